The molecule has 0 aliphatic heterocycles. The smallest absolute Gasteiger partial charge is 0.189 e. The summed E-state index contributed by atoms with van der Waals surface area (Å²) in [7, 11) is 1.56. The zero-order chi connectivity index (χ0) is 14.7. The van der Waals surface area contributed by atoms with Crippen LogP contribution < -0.4 is 4.74 Å². The fourth-order valence-corrected chi connectivity index (χ4v) is 2.48. The topological polar surface area (TPSA) is 44.1 Å². The Morgan fingerprint density at radius 1 is 1.25 bits per heavy atom. The molecule has 0 amide bonds. The molecule has 20 heavy (non-hydrogen) atoms. The van der Waals surface area contributed by atoms with Crippen molar-refractivity contribution in [3.63, 3.8) is 0 Å². The molecule has 2 rings (SSSR count). The second-order valence-electron chi connectivity index (χ2n) is 4.97. The van der Waals surface area contributed by atoms with E-state index in [1.54, 1.807) is 18.0 Å². The Bertz CT molecular complexity index is 588. The Kier molecular flexibility index (Phi) is 4.23. The molecule has 1 heterocycles. The van der Waals surface area contributed by atoms with Crippen molar-refractivity contribution in [3.05, 3.63) is 46.8 Å². The van der Waals surface area contributed by atoms with Crippen LogP contribution in [0.2, 0.25) is 0 Å². The van der Waals surface area contributed by atoms with Gasteiger partial charge in [-0.15, -0.1) is 0 Å². The number of carbonyl (C=O) groups is 1. The standard InChI is InChI=1S/C16H20N2O2/c1-5-18-16(15(20-4)10-17-18)14(19)9-13-7-11(2)6-12(3)8-13/h6-8,10H,5,9H2,1-4H3. The molecule has 4 nitrogen and oxygen atoms in total. The Balaban J connectivity index is 2.30. The lowest BCUT2D eigenvalue weighted by Gasteiger charge is -2.08. The van der Waals surface area contributed by atoms with Crippen molar-refractivity contribution in [3.8, 4) is 5.75 Å². The predicted molar refractivity (Wildman–Crippen MR) is 78.4 cm³/mol. The van der Waals surface area contributed by atoms with Crippen LogP contribution in [0.3, 0.4) is 0 Å². The van der Waals surface area contributed by atoms with Gasteiger partial charge in [-0.1, -0.05) is 29.3 Å². The van der Waals surface area contributed by atoms with E-state index in [1.165, 1.54) is 11.1 Å². The van der Waals surface area contributed by atoms with E-state index in [1.807, 2.05) is 32.9 Å². The first kappa shape index (κ1) is 14.3. The summed E-state index contributed by atoms with van der Waals surface area (Å²) < 4.78 is 6.91. The number of aryl methyl sites for hydroxylation is 3. The van der Waals surface area contributed by atoms with Crippen LogP contribution in [0.5, 0.6) is 5.75 Å². The van der Waals surface area contributed by atoms with E-state index >= 15 is 0 Å². The van der Waals surface area contributed by atoms with E-state index < -0.39 is 0 Å². The van der Waals surface area contributed by atoms with Crippen LogP contribution in [0.15, 0.2) is 24.4 Å². The number of benzene rings is 1. The van der Waals surface area contributed by atoms with Gasteiger partial charge < -0.3 is 4.74 Å². The van der Waals surface area contributed by atoms with Crippen molar-refractivity contribution in [1.82, 2.24) is 9.78 Å². The third-order valence-corrected chi connectivity index (χ3v) is 3.24. The molecule has 0 spiro atoms. The van der Waals surface area contributed by atoms with Crippen LogP contribution in [0.1, 0.15) is 34.1 Å². The Morgan fingerprint density at radius 3 is 2.45 bits per heavy atom. The zero-order valence-electron chi connectivity index (χ0n) is 12.4. The third kappa shape index (κ3) is 2.90. The molecule has 0 atom stereocenters. The van der Waals surface area contributed by atoms with Gasteiger partial charge in [-0.25, -0.2) is 0 Å². The first-order valence-corrected chi connectivity index (χ1v) is 6.75. The number of ketones is 1. The van der Waals surface area contributed by atoms with Crippen LogP contribution in [0.25, 0.3) is 0 Å². The molecule has 106 valence electrons. The fraction of sp³-hybridized carbons (Fsp3) is 0.375. The molecule has 1 aromatic heterocycles. The summed E-state index contributed by atoms with van der Waals surface area (Å²) in [6, 6.07) is 6.19. The highest BCUT2D eigenvalue weighted by Crippen LogP contribution is 2.20. The van der Waals surface area contributed by atoms with Gasteiger partial charge in [-0.2, -0.15) is 5.10 Å². The number of nitrogens with zero attached hydrogens (tertiary/aromatic N) is 2. The van der Waals surface area contributed by atoms with E-state index in [2.05, 4.69) is 11.2 Å². The number of rotatable bonds is 5. The fourth-order valence-electron chi connectivity index (χ4n) is 2.48. The summed E-state index contributed by atoms with van der Waals surface area (Å²) in [6.07, 6.45) is 1.96. The SMILES string of the molecule is CCn1ncc(OC)c1C(=O)Cc1cc(C)cc(C)c1. The van der Waals surface area contributed by atoms with Crippen molar-refractivity contribution in [1.29, 1.82) is 0 Å². The molecule has 0 unspecified atom stereocenters. The van der Waals surface area contributed by atoms with Crippen molar-refractivity contribution in [2.75, 3.05) is 7.11 Å². The van der Waals surface area contributed by atoms with E-state index in [0.717, 1.165) is 5.56 Å². The molecule has 0 aliphatic carbocycles. The molecular formula is C16H20N2O2. The molecule has 2 aromatic rings. The van der Waals surface area contributed by atoms with Crippen molar-refractivity contribution < 1.29 is 9.53 Å². The average Bonchev–Trinajstić information content (AvgIpc) is 2.80. The summed E-state index contributed by atoms with van der Waals surface area (Å²) in [6.45, 7) is 6.69. The summed E-state index contributed by atoms with van der Waals surface area (Å²) >= 11 is 0. The Hall–Kier alpha value is -2.10. The van der Waals surface area contributed by atoms with E-state index in [9.17, 15) is 4.79 Å². The van der Waals surface area contributed by atoms with E-state index in [0.29, 0.717) is 24.4 Å². The lowest BCUT2D eigenvalue weighted by atomic mass is 10.0. The van der Waals surface area contributed by atoms with Gasteiger partial charge in [0.15, 0.2) is 11.5 Å². The van der Waals surface area contributed by atoms with Gasteiger partial charge in [0.25, 0.3) is 0 Å². The lowest BCUT2D eigenvalue weighted by Crippen LogP contribution is -2.13. The van der Waals surface area contributed by atoms with Crippen LogP contribution in [-0.4, -0.2) is 22.7 Å². The number of hydrogen-bond acceptors (Lipinski definition) is 3. The minimum atomic E-state index is 0.0335. The summed E-state index contributed by atoms with van der Waals surface area (Å²) in [5.41, 5.74) is 3.92. The molecule has 0 bridgehead atoms. The molecule has 0 N–H and O–H groups in total. The van der Waals surface area contributed by atoms with Gasteiger partial charge in [-0.05, 0) is 26.3 Å². The number of hydrogen-bond donors (Lipinski definition) is 0. The number of carbonyl (C=O) groups excluding carboxylic acids is 1. The molecule has 0 saturated heterocycles. The maximum atomic E-state index is 12.5. The number of methoxy groups -OCH3 is 1. The van der Waals surface area contributed by atoms with E-state index in [4.69, 9.17) is 4.74 Å². The predicted octanol–water partition coefficient (Wildman–Crippen LogP) is 2.95. The molecule has 1 aromatic carbocycles. The van der Waals surface area contributed by atoms with Gasteiger partial charge in [0, 0.05) is 13.0 Å². The summed E-state index contributed by atoms with van der Waals surface area (Å²) in [4.78, 5) is 12.5. The second-order valence-corrected chi connectivity index (χ2v) is 4.97. The van der Waals surface area contributed by atoms with Crippen molar-refractivity contribution >= 4 is 5.78 Å². The zero-order valence-corrected chi connectivity index (χ0v) is 12.4. The number of ether oxygens (including phenoxy) is 1. The highest BCUT2D eigenvalue weighted by molar-refractivity contribution is 5.98. The van der Waals surface area contributed by atoms with Crippen molar-refractivity contribution in [2.45, 2.75) is 33.7 Å². The maximum absolute atomic E-state index is 12.5. The van der Waals surface area contributed by atoms with Gasteiger partial charge >= 0.3 is 0 Å². The van der Waals surface area contributed by atoms with Crippen LogP contribution in [0.4, 0.5) is 0 Å². The minimum absolute atomic E-state index is 0.0335. The average molecular weight is 272 g/mol. The number of Topliss-reactive ketones (excluding diaryl/α,β-unsaturated/α-hetero) is 1. The van der Waals surface area contributed by atoms with E-state index in [-0.39, 0.29) is 5.78 Å². The maximum Gasteiger partial charge on any atom is 0.189 e. The molecule has 4 heteroatoms. The first-order valence-electron chi connectivity index (χ1n) is 6.75. The monoisotopic (exact) mass is 272 g/mol. The highest BCUT2D eigenvalue weighted by atomic mass is 16.5. The summed E-state index contributed by atoms with van der Waals surface area (Å²) in [5, 5.41) is 4.17. The quantitative estimate of drug-likeness (QED) is 0.786. The second kappa shape index (κ2) is 5.90. The Labute approximate surface area is 119 Å². The molecule has 0 fully saturated rings. The minimum Gasteiger partial charge on any atom is -0.493 e. The van der Waals surface area contributed by atoms with Crippen LogP contribution in [-0.2, 0) is 13.0 Å². The van der Waals surface area contributed by atoms with Gasteiger partial charge in [0.1, 0.15) is 5.69 Å². The summed E-state index contributed by atoms with van der Waals surface area (Å²) in [5.74, 6) is 0.576. The molecule has 0 aliphatic rings. The highest BCUT2D eigenvalue weighted by Gasteiger charge is 2.19. The van der Waals surface area contributed by atoms with Crippen LogP contribution in [0, 0.1) is 13.8 Å². The first-order chi connectivity index (χ1) is 9.55. The largest absolute Gasteiger partial charge is 0.493 e. The van der Waals surface area contributed by atoms with Gasteiger partial charge in [-0.3, -0.25) is 9.48 Å². The van der Waals surface area contributed by atoms with Crippen LogP contribution >= 0.6 is 0 Å². The molecular weight excluding hydrogens is 252 g/mol. The van der Waals surface area contributed by atoms with Gasteiger partial charge in [0.2, 0.25) is 0 Å². The normalized spacial score (nSPS) is 10.6. The number of aromatic nitrogens is 2. The van der Waals surface area contributed by atoms with Crippen molar-refractivity contribution in [2.24, 2.45) is 0 Å². The molecule has 0 radical (unpaired) electrons. The third-order valence-electron chi connectivity index (χ3n) is 3.24. The Morgan fingerprint density at radius 2 is 1.90 bits per heavy atom. The van der Waals surface area contributed by atoms with Gasteiger partial charge in [0.05, 0.1) is 13.3 Å². The molecule has 0 saturated carbocycles. The lowest BCUT2D eigenvalue weighted by molar-refractivity contribution is 0.0979.